The second-order valence-corrected chi connectivity index (χ2v) is 14.8. The molecule has 2 saturated heterocycles. The molecule has 1 amide bonds. The number of ether oxygens (including phenoxy) is 6. The van der Waals surface area contributed by atoms with Crippen LogP contribution in [-0.2, 0) is 37.3 Å². The lowest BCUT2D eigenvalue weighted by Crippen LogP contribution is -2.51. The molecule has 3 aliphatic rings. The topological polar surface area (TPSA) is 142 Å². The molecule has 12 nitrogen and oxygen atoms in total. The molecule has 3 heterocycles. The van der Waals surface area contributed by atoms with Crippen LogP contribution < -0.4 is 19.5 Å². The van der Waals surface area contributed by atoms with Crippen LogP contribution in [-0.4, -0.2) is 81.6 Å². The van der Waals surface area contributed by atoms with Crippen LogP contribution in [0.25, 0.3) is 0 Å². The lowest BCUT2D eigenvalue weighted by Gasteiger charge is -2.31. The first-order valence-corrected chi connectivity index (χ1v) is 17.8. The van der Waals surface area contributed by atoms with Crippen molar-refractivity contribution in [2.75, 3.05) is 33.1 Å². The largest absolute Gasteiger partial charge is 0.489 e. The number of carbonyl (C=O) groups is 1. The van der Waals surface area contributed by atoms with Crippen LogP contribution in [0.15, 0.2) is 65.6 Å². The molecular formula is C35H40F2N2O10S. The van der Waals surface area contributed by atoms with Crippen molar-refractivity contribution in [3.05, 3.63) is 83.4 Å². The lowest BCUT2D eigenvalue weighted by molar-refractivity contribution is -0.0907. The van der Waals surface area contributed by atoms with E-state index in [0.717, 1.165) is 12.1 Å². The van der Waals surface area contributed by atoms with Gasteiger partial charge in [-0.25, -0.2) is 22.0 Å². The third-order valence-electron chi connectivity index (χ3n) is 8.72. The van der Waals surface area contributed by atoms with Gasteiger partial charge in [-0.1, -0.05) is 32.0 Å². The molecule has 3 aromatic rings. The zero-order chi connectivity index (χ0) is 35.4. The summed E-state index contributed by atoms with van der Waals surface area (Å²) in [5.41, 5.74) is 1.14. The molecular weight excluding hydrogens is 678 g/mol. The molecule has 0 bridgehead atoms. The first-order chi connectivity index (χ1) is 24.0. The van der Waals surface area contributed by atoms with Crippen LogP contribution in [0, 0.1) is 23.5 Å². The molecule has 270 valence electrons. The summed E-state index contributed by atoms with van der Waals surface area (Å²) in [6.07, 6.45) is -2.32. The van der Waals surface area contributed by atoms with Gasteiger partial charge in [0, 0.05) is 19.2 Å². The van der Waals surface area contributed by atoms with Crippen LogP contribution in [0.3, 0.4) is 0 Å². The molecule has 2 fully saturated rings. The molecule has 0 unspecified atom stereocenters. The van der Waals surface area contributed by atoms with Crippen LogP contribution in [0.1, 0.15) is 31.4 Å². The fourth-order valence-electron chi connectivity index (χ4n) is 6.13. The van der Waals surface area contributed by atoms with Crippen molar-refractivity contribution >= 4 is 16.1 Å². The normalized spacial score (nSPS) is 20.9. The number of sulfonamides is 1. The van der Waals surface area contributed by atoms with Gasteiger partial charge in [0.1, 0.15) is 18.5 Å². The van der Waals surface area contributed by atoms with Crippen LogP contribution in [0.4, 0.5) is 13.6 Å². The minimum Gasteiger partial charge on any atom is -0.489 e. The number of alkyl carbamates (subject to hydrolysis) is 1. The predicted molar refractivity (Wildman–Crippen MR) is 174 cm³/mol. The molecule has 0 radical (unpaired) electrons. The Balaban J connectivity index is 1.18. The average Bonchev–Trinajstić information content (AvgIpc) is 3.84. The number of rotatable bonds is 14. The summed E-state index contributed by atoms with van der Waals surface area (Å²) >= 11 is 0. The molecule has 15 heteroatoms. The number of nitrogens with one attached hydrogen (secondary N) is 1. The van der Waals surface area contributed by atoms with E-state index in [1.807, 2.05) is 13.8 Å². The predicted octanol–water partition coefficient (Wildman–Crippen LogP) is 4.38. The maximum atomic E-state index is 13.9. The maximum absolute atomic E-state index is 13.9. The highest BCUT2D eigenvalue weighted by Gasteiger charge is 2.44. The van der Waals surface area contributed by atoms with Gasteiger partial charge in [0.2, 0.25) is 16.8 Å². The van der Waals surface area contributed by atoms with Crippen LogP contribution in [0.5, 0.6) is 17.2 Å². The third-order valence-corrected chi connectivity index (χ3v) is 10.5. The Morgan fingerprint density at radius 1 is 0.980 bits per heavy atom. The van der Waals surface area contributed by atoms with Crippen molar-refractivity contribution in [2.24, 2.45) is 11.8 Å². The van der Waals surface area contributed by atoms with Crippen molar-refractivity contribution < 1.29 is 55.5 Å². The average molecular weight is 719 g/mol. The number of benzene rings is 3. The van der Waals surface area contributed by atoms with Gasteiger partial charge < -0.3 is 38.8 Å². The number of carbonyl (C=O) groups excluding carboxylic acids is 1. The van der Waals surface area contributed by atoms with Gasteiger partial charge in [-0.2, -0.15) is 4.31 Å². The molecule has 5 atom stereocenters. The summed E-state index contributed by atoms with van der Waals surface area (Å²) in [5.74, 6) is -0.909. The maximum Gasteiger partial charge on any atom is 0.407 e. The summed E-state index contributed by atoms with van der Waals surface area (Å²) in [5, 5.41) is 14.4. The molecule has 0 aliphatic carbocycles. The Morgan fingerprint density at radius 2 is 1.74 bits per heavy atom. The smallest absolute Gasteiger partial charge is 0.407 e. The van der Waals surface area contributed by atoms with Gasteiger partial charge >= 0.3 is 6.09 Å². The summed E-state index contributed by atoms with van der Waals surface area (Å²) in [6, 6.07) is 13.7. The fourth-order valence-corrected chi connectivity index (χ4v) is 7.76. The molecule has 2 N–H and O–H groups in total. The van der Waals surface area contributed by atoms with Gasteiger partial charge in [0.15, 0.2) is 29.4 Å². The molecule has 0 saturated carbocycles. The summed E-state index contributed by atoms with van der Waals surface area (Å²) in [7, 11) is -4.11. The van der Waals surface area contributed by atoms with Gasteiger partial charge in [0.25, 0.3) is 0 Å². The zero-order valence-corrected chi connectivity index (χ0v) is 28.4. The van der Waals surface area contributed by atoms with E-state index in [1.54, 1.807) is 24.3 Å². The first-order valence-electron chi connectivity index (χ1n) is 16.4. The number of hydrogen-bond acceptors (Lipinski definition) is 10. The monoisotopic (exact) mass is 718 g/mol. The van der Waals surface area contributed by atoms with Crippen LogP contribution >= 0.6 is 0 Å². The van der Waals surface area contributed by atoms with E-state index in [9.17, 15) is 27.1 Å². The Bertz CT molecular complexity index is 1760. The van der Waals surface area contributed by atoms with E-state index in [1.165, 1.54) is 28.6 Å². The Kier molecular flexibility index (Phi) is 11.1. The molecule has 0 spiro atoms. The molecule has 6 rings (SSSR count). The van der Waals surface area contributed by atoms with Gasteiger partial charge in [0.05, 0.1) is 36.2 Å². The van der Waals surface area contributed by atoms with Crippen LogP contribution in [0.2, 0.25) is 0 Å². The number of nitrogens with zero attached hydrogens (tertiary/aromatic N) is 1. The van der Waals surface area contributed by atoms with Gasteiger partial charge in [-0.05, 0) is 66.3 Å². The minimum absolute atomic E-state index is 0.00653. The first kappa shape index (κ1) is 35.8. The summed E-state index contributed by atoms with van der Waals surface area (Å²) in [4.78, 5) is 13.2. The number of aliphatic hydroxyl groups is 1. The number of aliphatic hydroxyl groups excluding tert-OH is 1. The van der Waals surface area contributed by atoms with Gasteiger partial charge in [-0.15, -0.1) is 0 Å². The third kappa shape index (κ3) is 8.46. The molecule has 50 heavy (non-hydrogen) atoms. The highest BCUT2D eigenvalue weighted by atomic mass is 32.2. The quantitative estimate of drug-likeness (QED) is 0.247. The Hall–Kier alpha value is -4.02. The van der Waals surface area contributed by atoms with Crippen molar-refractivity contribution in [3.8, 4) is 17.2 Å². The lowest BCUT2D eigenvalue weighted by atomic mass is 10.0. The van der Waals surface area contributed by atoms with E-state index < -0.39 is 52.3 Å². The Morgan fingerprint density at radius 3 is 2.50 bits per heavy atom. The van der Waals surface area contributed by atoms with E-state index in [-0.39, 0.29) is 56.2 Å². The van der Waals surface area contributed by atoms with Crippen molar-refractivity contribution in [1.82, 2.24) is 9.62 Å². The second-order valence-electron chi connectivity index (χ2n) is 12.9. The van der Waals surface area contributed by atoms with E-state index in [4.69, 9.17) is 28.4 Å². The van der Waals surface area contributed by atoms with Crippen molar-refractivity contribution in [2.45, 2.75) is 62.7 Å². The second kappa shape index (κ2) is 15.5. The molecule has 3 aliphatic heterocycles. The summed E-state index contributed by atoms with van der Waals surface area (Å²) in [6.45, 7) is 4.16. The zero-order valence-electron chi connectivity index (χ0n) is 27.6. The number of amides is 1. The summed E-state index contributed by atoms with van der Waals surface area (Å²) < 4.78 is 89.2. The Labute approximate surface area is 289 Å². The molecule has 0 aromatic heterocycles. The molecule has 3 aromatic carbocycles. The van der Waals surface area contributed by atoms with E-state index in [2.05, 4.69) is 5.32 Å². The minimum atomic E-state index is -4.11. The van der Waals surface area contributed by atoms with E-state index in [0.29, 0.717) is 41.4 Å². The highest BCUT2D eigenvalue weighted by molar-refractivity contribution is 7.89. The van der Waals surface area contributed by atoms with E-state index >= 15 is 0 Å². The number of hydrogen-bond donors (Lipinski definition) is 2. The SMILES string of the molecule is CC(C)CN(C[C@@H](O)[C@H](Cc1ccc(OCc2ccc(F)c(F)c2)cc1)NC(=O)O[C@H]1CO[C@H]2OCC[C@H]21)S(=O)(=O)c1ccc2c(c1)OCO2. The van der Waals surface area contributed by atoms with Gasteiger partial charge in [-0.3, -0.25) is 0 Å². The number of fused-ring (bicyclic) bond motifs is 2. The van der Waals surface area contributed by atoms with Crippen molar-refractivity contribution in [3.63, 3.8) is 0 Å². The fraction of sp³-hybridized carbons (Fsp3) is 0.457. The number of halogens is 2. The highest BCUT2D eigenvalue weighted by Crippen LogP contribution is 2.35. The standard InChI is InChI=1S/C35H40F2N2O10S/c1-21(2)16-39(50(42,43)25-8-10-31-32(15-25)48-20-47-31)17-30(40)29(38-35(41)49-33-19-46-34-26(33)11-12-44-34)14-22-3-6-24(7-4-22)45-18-23-5-9-27(36)28(37)13-23/h3-10,13,15,21,26,29-30,33-34,40H,11-12,14,16-20H2,1-2H3,(H,38,41)/t26-,29-,30+,33-,34+/m0/s1. The van der Waals surface area contributed by atoms with Crippen molar-refractivity contribution in [1.29, 1.82) is 0 Å².